The van der Waals surface area contributed by atoms with Crippen LogP contribution >= 0.6 is 0 Å². The van der Waals surface area contributed by atoms with Crippen molar-refractivity contribution in [2.45, 2.75) is 26.7 Å². The lowest BCUT2D eigenvalue weighted by atomic mass is 10.0. The zero-order valence-corrected chi connectivity index (χ0v) is 12.6. The molecule has 20 heavy (non-hydrogen) atoms. The van der Waals surface area contributed by atoms with E-state index in [4.69, 9.17) is 0 Å². The van der Waals surface area contributed by atoms with E-state index in [0.29, 0.717) is 11.3 Å². The Morgan fingerprint density at radius 1 is 1.35 bits per heavy atom. The minimum Gasteiger partial charge on any atom is -0.481 e. The van der Waals surface area contributed by atoms with E-state index < -0.39 is 21.9 Å². The van der Waals surface area contributed by atoms with Gasteiger partial charge in [-0.2, -0.15) is 0 Å². The number of aliphatic carboxylic acids is 1. The van der Waals surface area contributed by atoms with E-state index >= 15 is 0 Å². The van der Waals surface area contributed by atoms with Gasteiger partial charge in [0.2, 0.25) is 10.0 Å². The van der Waals surface area contributed by atoms with Crippen LogP contribution in [0.25, 0.3) is 0 Å². The quantitative estimate of drug-likeness (QED) is 0.926. The number of carbonyl (C=O) groups is 1. The number of rotatable bonds is 3. The Morgan fingerprint density at radius 3 is 2.50 bits per heavy atom. The maximum absolute atomic E-state index is 12.5. The van der Waals surface area contributed by atoms with E-state index in [2.05, 4.69) is 0 Å². The molecule has 0 amide bonds. The van der Waals surface area contributed by atoms with Gasteiger partial charge in [0.05, 0.1) is 18.0 Å². The monoisotopic (exact) mass is 297 g/mol. The molecule has 1 N–H and O–H groups in total. The predicted molar refractivity (Wildman–Crippen MR) is 77.4 cm³/mol. The molecule has 0 aromatic heterocycles. The van der Waals surface area contributed by atoms with Gasteiger partial charge in [-0.3, -0.25) is 9.10 Å². The van der Waals surface area contributed by atoms with Gasteiger partial charge in [0.1, 0.15) is 5.92 Å². The summed E-state index contributed by atoms with van der Waals surface area (Å²) in [5, 5.41) is 9.25. The fraction of sp³-hybridized carbons (Fsp3) is 0.500. The lowest BCUT2D eigenvalue weighted by molar-refractivity contribution is -0.138. The van der Waals surface area contributed by atoms with Crippen LogP contribution < -0.4 is 4.31 Å². The summed E-state index contributed by atoms with van der Waals surface area (Å²) in [6.07, 6.45) is 0. The predicted octanol–water partition coefficient (Wildman–Crippen LogP) is 2.05. The Balaban J connectivity index is 2.43. The molecule has 0 aliphatic carbocycles. The van der Waals surface area contributed by atoms with Crippen LogP contribution in [0.3, 0.4) is 0 Å². The topological polar surface area (TPSA) is 74.7 Å². The molecule has 1 aliphatic heterocycles. The summed E-state index contributed by atoms with van der Waals surface area (Å²) in [7, 11) is -3.53. The van der Waals surface area contributed by atoms with Crippen LogP contribution in [0.1, 0.15) is 32.3 Å². The Hall–Kier alpha value is -1.56. The molecule has 1 atom stereocenters. The summed E-state index contributed by atoms with van der Waals surface area (Å²) in [5.41, 5.74) is 0.677. The highest BCUT2D eigenvalue weighted by Gasteiger charge is 2.40. The fourth-order valence-corrected chi connectivity index (χ4v) is 4.56. The van der Waals surface area contributed by atoms with Crippen LogP contribution in [0.4, 0.5) is 5.69 Å². The van der Waals surface area contributed by atoms with Crippen molar-refractivity contribution in [1.82, 2.24) is 0 Å². The summed E-state index contributed by atoms with van der Waals surface area (Å²) in [6, 6.07) is 6.80. The second kappa shape index (κ2) is 4.77. The second-order valence-electron chi connectivity index (χ2n) is 6.30. The third-order valence-electron chi connectivity index (χ3n) is 3.18. The van der Waals surface area contributed by atoms with E-state index in [9.17, 15) is 18.3 Å². The Morgan fingerprint density at radius 2 is 1.95 bits per heavy atom. The van der Waals surface area contributed by atoms with Crippen LogP contribution in [0.15, 0.2) is 24.3 Å². The van der Waals surface area contributed by atoms with Crippen molar-refractivity contribution < 1.29 is 18.3 Å². The number of nitrogens with zero attached hydrogens (tertiary/aromatic N) is 1. The number of fused-ring (bicyclic) bond motifs is 1. The van der Waals surface area contributed by atoms with Gasteiger partial charge < -0.3 is 5.11 Å². The van der Waals surface area contributed by atoms with Crippen molar-refractivity contribution >= 4 is 21.7 Å². The zero-order valence-electron chi connectivity index (χ0n) is 11.8. The summed E-state index contributed by atoms with van der Waals surface area (Å²) < 4.78 is 26.3. The highest BCUT2D eigenvalue weighted by atomic mass is 32.2. The van der Waals surface area contributed by atoms with Crippen LogP contribution in [-0.2, 0) is 14.8 Å². The maximum atomic E-state index is 12.5. The molecule has 6 heteroatoms. The first-order valence-corrected chi connectivity index (χ1v) is 8.05. The number of para-hydroxylation sites is 1. The number of sulfonamides is 1. The van der Waals surface area contributed by atoms with Gasteiger partial charge in [0.15, 0.2) is 0 Å². The Kier molecular flexibility index (Phi) is 3.54. The lowest BCUT2D eigenvalue weighted by Gasteiger charge is -2.25. The summed E-state index contributed by atoms with van der Waals surface area (Å²) in [5.74, 6) is -1.80. The van der Waals surface area contributed by atoms with Crippen LogP contribution in [0, 0.1) is 5.41 Å². The summed E-state index contributed by atoms with van der Waals surface area (Å²) in [4.78, 5) is 11.3. The van der Waals surface area contributed by atoms with Gasteiger partial charge in [-0.05, 0) is 17.0 Å². The van der Waals surface area contributed by atoms with Gasteiger partial charge in [-0.1, -0.05) is 39.0 Å². The smallest absolute Gasteiger partial charge is 0.312 e. The van der Waals surface area contributed by atoms with Gasteiger partial charge in [0, 0.05) is 0 Å². The number of anilines is 1. The number of carboxylic acids is 1. The number of carboxylic acid groups (broad SMARTS) is 1. The van der Waals surface area contributed by atoms with Gasteiger partial charge in [-0.15, -0.1) is 0 Å². The fourth-order valence-electron chi connectivity index (χ4n) is 2.47. The van der Waals surface area contributed by atoms with Crippen molar-refractivity contribution in [3.8, 4) is 0 Å². The van der Waals surface area contributed by atoms with E-state index in [0.717, 1.165) is 0 Å². The first-order chi connectivity index (χ1) is 9.12. The minimum absolute atomic E-state index is 0.0132. The van der Waals surface area contributed by atoms with Crippen LogP contribution in [0.2, 0.25) is 0 Å². The largest absolute Gasteiger partial charge is 0.481 e. The molecule has 0 saturated heterocycles. The van der Waals surface area contributed by atoms with Gasteiger partial charge in [0.25, 0.3) is 0 Å². The molecule has 1 aliphatic rings. The molecule has 1 aromatic carbocycles. The normalized spacial score (nSPS) is 18.9. The highest BCUT2D eigenvalue weighted by molar-refractivity contribution is 7.92. The van der Waals surface area contributed by atoms with E-state index in [1.54, 1.807) is 24.3 Å². The average Bonchev–Trinajstić information content (AvgIpc) is 2.65. The van der Waals surface area contributed by atoms with Gasteiger partial charge in [-0.25, -0.2) is 8.42 Å². The first-order valence-electron chi connectivity index (χ1n) is 6.44. The molecule has 1 heterocycles. The number of hydrogen-bond donors (Lipinski definition) is 1. The third-order valence-corrected chi connectivity index (χ3v) is 5.43. The molecule has 1 unspecified atom stereocenters. The molecule has 0 bridgehead atoms. The highest BCUT2D eigenvalue weighted by Crippen LogP contribution is 2.38. The van der Waals surface area contributed by atoms with Crippen molar-refractivity contribution in [3.63, 3.8) is 0 Å². The van der Waals surface area contributed by atoms with Crippen molar-refractivity contribution in [2.75, 3.05) is 16.6 Å². The summed E-state index contributed by atoms with van der Waals surface area (Å²) >= 11 is 0. The van der Waals surface area contributed by atoms with Crippen LogP contribution in [0.5, 0.6) is 0 Å². The first kappa shape index (κ1) is 14.8. The number of hydrogen-bond acceptors (Lipinski definition) is 3. The number of benzene rings is 1. The van der Waals surface area contributed by atoms with Crippen LogP contribution in [-0.4, -0.2) is 31.8 Å². The molecule has 0 spiro atoms. The molecular formula is C14H19NO4S. The molecule has 0 saturated carbocycles. The van der Waals surface area contributed by atoms with Gasteiger partial charge >= 0.3 is 5.97 Å². The molecular weight excluding hydrogens is 278 g/mol. The zero-order chi connectivity index (χ0) is 15.1. The SMILES string of the molecule is CC(C)(C)CS(=O)(=O)N1CC(C(=O)O)c2ccccc21. The van der Waals surface area contributed by atoms with Crippen molar-refractivity contribution in [1.29, 1.82) is 0 Å². The molecule has 0 radical (unpaired) electrons. The van der Waals surface area contributed by atoms with Crippen molar-refractivity contribution in [2.24, 2.45) is 5.41 Å². The lowest BCUT2D eigenvalue weighted by Crippen LogP contribution is -2.37. The summed E-state index contributed by atoms with van der Waals surface area (Å²) in [6.45, 7) is 5.52. The molecule has 1 aromatic rings. The van der Waals surface area contributed by atoms with E-state index in [1.165, 1.54) is 4.31 Å². The molecule has 110 valence electrons. The minimum atomic E-state index is -3.53. The van der Waals surface area contributed by atoms with Crippen molar-refractivity contribution in [3.05, 3.63) is 29.8 Å². The average molecular weight is 297 g/mol. The van der Waals surface area contributed by atoms with E-state index in [-0.39, 0.29) is 17.7 Å². The Labute approximate surface area is 119 Å². The molecule has 0 fully saturated rings. The molecule has 5 nitrogen and oxygen atoms in total. The van der Waals surface area contributed by atoms with E-state index in [1.807, 2.05) is 20.8 Å². The Bertz CT molecular complexity index is 631. The molecule has 2 rings (SSSR count). The second-order valence-corrected chi connectivity index (χ2v) is 8.19. The maximum Gasteiger partial charge on any atom is 0.312 e. The standard InChI is InChI=1S/C14H19NO4S/c1-14(2,3)9-20(18,19)15-8-11(13(16)17)10-6-4-5-7-12(10)15/h4-7,11H,8-9H2,1-3H3,(H,16,17). The third kappa shape index (κ3) is 2.80.